The SMILES string of the molecule is NC(=O)CCC(NC(=O)C(N)Cc1c[nH]c2ccccc12)C(=O)NC(Cc1c[nH]c2ccccc12)C(=O)NC(Cc1cnc[nH]1)C(=O)O. The number of aliphatic carboxylic acids is 1. The van der Waals surface area contributed by atoms with Gasteiger partial charge in [-0.2, -0.15) is 0 Å². The molecule has 4 unspecified atom stereocenters. The van der Waals surface area contributed by atoms with Crippen LogP contribution in [0.5, 0.6) is 0 Å². The Hall–Kier alpha value is -5.96. The van der Waals surface area contributed by atoms with Crippen LogP contribution in [-0.2, 0) is 43.2 Å². The number of hydrogen-bond donors (Lipinski definition) is 9. The van der Waals surface area contributed by atoms with Crippen molar-refractivity contribution in [1.29, 1.82) is 0 Å². The first-order chi connectivity index (χ1) is 23.1. The first kappa shape index (κ1) is 33.4. The van der Waals surface area contributed by atoms with E-state index < -0.39 is 53.8 Å². The Balaban J connectivity index is 1.35. The van der Waals surface area contributed by atoms with E-state index in [1.807, 2.05) is 48.5 Å². The fraction of sp³-hybridized carbons (Fsp3) is 0.273. The fourth-order valence-corrected chi connectivity index (χ4v) is 5.55. The third kappa shape index (κ3) is 8.24. The van der Waals surface area contributed by atoms with Gasteiger partial charge in [0.2, 0.25) is 23.6 Å². The lowest BCUT2D eigenvalue weighted by molar-refractivity contribution is -0.142. The Morgan fingerprint density at radius 1 is 0.729 bits per heavy atom. The number of nitrogens with zero attached hydrogens (tertiary/aromatic N) is 1. The molecular weight excluding hydrogens is 618 g/mol. The van der Waals surface area contributed by atoms with E-state index in [9.17, 15) is 29.1 Å². The van der Waals surface area contributed by atoms with Gasteiger partial charge in [0, 0.05) is 65.4 Å². The van der Waals surface area contributed by atoms with Crippen molar-refractivity contribution < 1.29 is 29.1 Å². The molecule has 0 radical (unpaired) electrons. The number of primary amides is 1. The maximum atomic E-state index is 13.7. The highest BCUT2D eigenvalue weighted by Crippen LogP contribution is 2.20. The van der Waals surface area contributed by atoms with Crippen LogP contribution in [-0.4, -0.2) is 78.8 Å². The lowest BCUT2D eigenvalue weighted by Gasteiger charge is -2.25. The molecule has 2 aromatic carbocycles. The van der Waals surface area contributed by atoms with Gasteiger partial charge >= 0.3 is 5.97 Å². The highest BCUT2D eigenvalue weighted by molar-refractivity contribution is 5.95. The highest BCUT2D eigenvalue weighted by Gasteiger charge is 2.31. The van der Waals surface area contributed by atoms with Crippen LogP contribution in [0.25, 0.3) is 21.8 Å². The lowest BCUT2D eigenvalue weighted by atomic mass is 10.0. The molecule has 4 atom stereocenters. The lowest BCUT2D eigenvalue weighted by Crippen LogP contribution is -2.58. The van der Waals surface area contributed by atoms with Crippen LogP contribution in [0.4, 0.5) is 0 Å². The molecule has 48 heavy (non-hydrogen) atoms. The van der Waals surface area contributed by atoms with E-state index in [1.54, 1.807) is 12.4 Å². The van der Waals surface area contributed by atoms with E-state index in [-0.39, 0.29) is 32.1 Å². The topological polar surface area (TPSA) is 254 Å². The van der Waals surface area contributed by atoms with Crippen molar-refractivity contribution in [3.05, 3.63) is 90.3 Å². The molecule has 0 aliphatic heterocycles. The molecule has 250 valence electrons. The van der Waals surface area contributed by atoms with Gasteiger partial charge in [0.15, 0.2) is 0 Å². The van der Waals surface area contributed by atoms with Gasteiger partial charge in [-0.25, -0.2) is 9.78 Å². The standard InChI is InChI=1S/C33H37N9O6/c34-23(11-18-14-37-24-7-3-1-5-21(18)24)30(44)40-26(9-10-29(35)43)31(45)41-27(12-19-15-38-25-8-4-2-6-22(19)25)32(46)42-28(33(47)48)13-20-16-36-17-39-20/h1-8,14-17,23,26-28,37-38H,9-13,34H2,(H2,35,43)(H,36,39)(H,40,44)(H,41,45)(H,42,46)(H,47,48). The third-order valence-electron chi connectivity index (χ3n) is 8.09. The van der Waals surface area contributed by atoms with Crippen molar-refractivity contribution in [2.75, 3.05) is 0 Å². The van der Waals surface area contributed by atoms with Gasteiger partial charge in [-0.05, 0) is 36.1 Å². The number of rotatable bonds is 16. The number of H-pyrrole nitrogens is 3. The Labute approximate surface area is 274 Å². The average molecular weight is 656 g/mol. The smallest absolute Gasteiger partial charge is 0.326 e. The maximum absolute atomic E-state index is 13.7. The molecule has 3 aromatic heterocycles. The molecule has 0 spiro atoms. The van der Waals surface area contributed by atoms with E-state index in [0.29, 0.717) is 11.3 Å². The molecule has 0 fully saturated rings. The monoisotopic (exact) mass is 655 g/mol. The summed E-state index contributed by atoms with van der Waals surface area (Å²) in [4.78, 5) is 77.4. The van der Waals surface area contributed by atoms with Crippen LogP contribution in [0, 0.1) is 0 Å². The van der Waals surface area contributed by atoms with Crippen molar-refractivity contribution >= 4 is 51.4 Å². The Bertz CT molecular complexity index is 1910. The first-order valence-electron chi connectivity index (χ1n) is 15.3. The summed E-state index contributed by atoms with van der Waals surface area (Å²) in [7, 11) is 0. The first-order valence-corrected chi connectivity index (χ1v) is 15.3. The molecular formula is C33H37N9O6. The molecule has 0 saturated carbocycles. The number of carbonyl (C=O) groups excluding carboxylic acids is 4. The number of para-hydroxylation sites is 2. The van der Waals surface area contributed by atoms with Gasteiger partial charge in [-0.15, -0.1) is 0 Å². The average Bonchev–Trinajstić information content (AvgIpc) is 3.83. The summed E-state index contributed by atoms with van der Waals surface area (Å²) < 4.78 is 0. The second kappa shape index (κ2) is 15.1. The molecule has 4 amide bonds. The Morgan fingerprint density at radius 3 is 1.88 bits per heavy atom. The number of aromatic amines is 3. The summed E-state index contributed by atoms with van der Waals surface area (Å²) in [6, 6.07) is 9.98. The van der Waals surface area contributed by atoms with Crippen molar-refractivity contribution in [2.24, 2.45) is 11.5 Å². The van der Waals surface area contributed by atoms with E-state index in [1.165, 1.54) is 12.5 Å². The van der Waals surface area contributed by atoms with Crippen molar-refractivity contribution in [3.8, 4) is 0 Å². The fourth-order valence-electron chi connectivity index (χ4n) is 5.55. The Kier molecular flexibility index (Phi) is 10.5. The number of amides is 4. The Morgan fingerprint density at radius 2 is 1.29 bits per heavy atom. The van der Waals surface area contributed by atoms with Crippen LogP contribution in [0.1, 0.15) is 29.7 Å². The third-order valence-corrected chi connectivity index (χ3v) is 8.09. The summed E-state index contributed by atoms with van der Waals surface area (Å²) >= 11 is 0. The minimum Gasteiger partial charge on any atom is -0.480 e. The van der Waals surface area contributed by atoms with Crippen molar-refractivity contribution in [3.63, 3.8) is 0 Å². The van der Waals surface area contributed by atoms with Crippen LogP contribution in [0.3, 0.4) is 0 Å². The number of fused-ring (bicyclic) bond motifs is 2. The maximum Gasteiger partial charge on any atom is 0.326 e. The van der Waals surface area contributed by atoms with Crippen LogP contribution in [0.2, 0.25) is 0 Å². The summed E-state index contributed by atoms with van der Waals surface area (Å²) in [5.41, 5.74) is 15.3. The molecule has 0 aliphatic rings. The number of carbonyl (C=O) groups is 5. The number of benzene rings is 2. The number of aromatic nitrogens is 4. The largest absolute Gasteiger partial charge is 0.480 e. The molecule has 11 N–H and O–H groups in total. The second-order valence-corrected chi connectivity index (χ2v) is 11.5. The summed E-state index contributed by atoms with van der Waals surface area (Å²) in [5.74, 6) is -4.17. The number of carboxylic acids is 1. The molecule has 15 nitrogen and oxygen atoms in total. The number of nitrogens with two attached hydrogens (primary N) is 2. The van der Waals surface area contributed by atoms with Crippen molar-refractivity contribution in [2.45, 2.75) is 56.3 Å². The second-order valence-electron chi connectivity index (χ2n) is 11.5. The van der Waals surface area contributed by atoms with Crippen LogP contribution in [0.15, 0.2) is 73.4 Å². The predicted octanol–water partition coefficient (Wildman–Crippen LogP) is 0.532. The van der Waals surface area contributed by atoms with E-state index in [0.717, 1.165) is 27.4 Å². The summed E-state index contributed by atoms with van der Waals surface area (Å²) in [6.45, 7) is 0. The molecule has 5 rings (SSSR count). The summed E-state index contributed by atoms with van der Waals surface area (Å²) in [6.07, 6.45) is 5.97. The van der Waals surface area contributed by atoms with Gasteiger partial charge in [-0.1, -0.05) is 36.4 Å². The van der Waals surface area contributed by atoms with E-state index in [4.69, 9.17) is 11.5 Å². The number of imidazole rings is 1. The van der Waals surface area contributed by atoms with Crippen molar-refractivity contribution in [1.82, 2.24) is 35.9 Å². The molecule has 0 bridgehead atoms. The zero-order valence-corrected chi connectivity index (χ0v) is 25.9. The number of carboxylic acid groups (broad SMARTS) is 1. The van der Waals surface area contributed by atoms with Gasteiger partial charge in [0.25, 0.3) is 0 Å². The molecule has 5 aromatic rings. The van der Waals surface area contributed by atoms with Gasteiger partial charge in [0.1, 0.15) is 18.1 Å². The van der Waals surface area contributed by atoms with Crippen LogP contribution >= 0.6 is 0 Å². The number of hydrogen-bond acceptors (Lipinski definition) is 7. The van der Waals surface area contributed by atoms with Gasteiger partial charge in [-0.3, -0.25) is 19.2 Å². The predicted molar refractivity (Wildman–Crippen MR) is 176 cm³/mol. The van der Waals surface area contributed by atoms with E-state index in [2.05, 4.69) is 35.9 Å². The van der Waals surface area contributed by atoms with Gasteiger partial charge < -0.3 is 47.5 Å². The number of nitrogens with one attached hydrogen (secondary N) is 6. The highest BCUT2D eigenvalue weighted by atomic mass is 16.4. The molecule has 0 saturated heterocycles. The quantitative estimate of drug-likeness (QED) is 0.0723. The van der Waals surface area contributed by atoms with E-state index >= 15 is 0 Å². The minimum absolute atomic E-state index is 0.0193. The molecule has 3 heterocycles. The molecule has 0 aliphatic carbocycles. The summed E-state index contributed by atoms with van der Waals surface area (Å²) in [5, 5.41) is 19.4. The minimum atomic E-state index is -1.34. The molecule has 15 heteroatoms. The van der Waals surface area contributed by atoms with Gasteiger partial charge in [0.05, 0.1) is 12.4 Å². The zero-order valence-electron chi connectivity index (χ0n) is 25.9. The normalized spacial score (nSPS) is 13.8. The zero-order chi connectivity index (χ0) is 34.2. The van der Waals surface area contributed by atoms with Crippen LogP contribution < -0.4 is 27.4 Å².